The van der Waals surface area contributed by atoms with Crippen LogP contribution in [0.5, 0.6) is 0 Å². The Balaban J connectivity index is 2.49. The van der Waals surface area contributed by atoms with E-state index in [1.807, 2.05) is 38.1 Å². The molecule has 35 heavy (non-hydrogen) atoms. The first-order valence-corrected chi connectivity index (χ1v) is 13.0. The topological polar surface area (TPSA) is 90.0 Å². The predicted octanol–water partition coefficient (Wildman–Crippen LogP) is 3.08. The quantitative estimate of drug-likeness (QED) is 0.479. The van der Waals surface area contributed by atoms with Crippen LogP contribution in [0.2, 0.25) is 0 Å². The van der Waals surface area contributed by atoms with Gasteiger partial charge in [0.2, 0.25) is 11.8 Å². The standard InChI is InChI=1S/C25H35FN4O4S/c1-6-16-27-25(32)22(7-2)29(17-20-14-12-19(3)13-15-20)24(31)18-30(35(33,34)28(4)5)23-11-9-8-10-21(23)26/h8-15,22H,6-7,16-18H2,1-5H3,(H,27,32). The number of rotatable bonds is 12. The summed E-state index contributed by atoms with van der Waals surface area (Å²) in [5.41, 5.74) is 1.59. The molecule has 0 spiro atoms. The van der Waals surface area contributed by atoms with Gasteiger partial charge >= 0.3 is 10.2 Å². The third-order valence-corrected chi connectivity index (χ3v) is 7.35. The van der Waals surface area contributed by atoms with Crippen LogP contribution >= 0.6 is 0 Å². The first-order chi connectivity index (χ1) is 16.5. The molecule has 2 aromatic carbocycles. The second kappa shape index (κ2) is 12.6. The van der Waals surface area contributed by atoms with Crippen molar-refractivity contribution in [1.29, 1.82) is 0 Å². The third kappa shape index (κ3) is 7.25. The lowest BCUT2D eigenvalue weighted by atomic mass is 10.1. The van der Waals surface area contributed by atoms with Crippen LogP contribution in [0.1, 0.15) is 37.8 Å². The van der Waals surface area contributed by atoms with Crippen molar-refractivity contribution in [2.75, 3.05) is 31.5 Å². The van der Waals surface area contributed by atoms with E-state index in [0.717, 1.165) is 32.2 Å². The Morgan fingerprint density at radius 2 is 1.66 bits per heavy atom. The van der Waals surface area contributed by atoms with Gasteiger partial charge in [0.25, 0.3) is 0 Å². The maximum Gasteiger partial charge on any atom is 0.304 e. The van der Waals surface area contributed by atoms with Gasteiger partial charge in [-0.3, -0.25) is 9.59 Å². The number of amides is 2. The van der Waals surface area contributed by atoms with Crippen molar-refractivity contribution in [2.24, 2.45) is 0 Å². The van der Waals surface area contributed by atoms with Crippen molar-refractivity contribution in [3.05, 3.63) is 65.5 Å². The normalized spacial score (nSPS) is 12.3. The van der Waals surface area contributed by atoms with Gasteiger partial charge in [0.05, 0.1) is 5.69 Å². The molecule has 0 fully saturated rings. The number of hydrogen-bond donors (Lipinski definition) is 1. The molecule has 2 aromatic rings. The van der Waals surface area contributed by atoms with Crippen molar-refractivity contribution in [1.82, 2.24) is 14.5 Å². The lowest BCUT2D eigenvalue weighted by Gasteiger charge is -2.34. The summed E-state index contributed by atoms with van der Waals surface area (Å²) in [5.74, 6) is -1.70. The van der Waals surface area contributed by atoms with Crippen LogP contribution in [0.25, 0.3) is 0 Å². The molecular weight excluding hydrogens is 471 g/mol. The van der Waals surface area contributed by atoms with Crippen molar-refractivity contribution in [2.45, 2.75) is 46.2 Å². The molecule has 1 N–H and O–H groups in total. The van der Waals surface area contributed by atoms with Crippen molar-refractivity contribution in [3.8, 4) is 0 Å². The third-order valence-electron chi connectivity index (χ3n) is 5.55. The fourth-order valence-electron chi connectivity index (χ4n) is 3.53. The van der Waals surface area contributed by atoms with Crippen LogP contribution in [0.15, 0.2) is 48.5 Å². The number of aryl methyl sites for hydroxylation is 1. The summed E-state index contributed by atoms with van der Waals surface area (Å²) >= 11 is 0. The van der Waals surface area contributed by atoms with Crippen LogP contribution in [0, 0.1) is 12.7 Å². The first kappa shape index (κ1) is 28.3. The van der Waals surface area contributed by atoms with E-state index < -0.39 is 34.5 Å². The molecule has 192 valence electrons. The number of carbonyl (C=O) groups is 2. The highest BCUT2D eigenvalue weighted by Gasteiger charge is 2.34. The lowest BCUT2D eigenvalue weighted by molar-refractivity contribution is -0.140. The molecule has 2 amide bonds. The minimum Gasteiger partial charge on any atom is -0.354 e. The first-order valence-electron chi connectivity index (χ1n) is 11.6. The van der Waals surface area contributed by atoms with Gasteiger partial charge in [-0.15, -0.1) is 0 Å². The van der Waals surface area contributed by atoms with Gasteiger partial charge in [0.15, 0.2) is 0 Å². The molecule has 0 aliphatic heterocycles. The Kier molecular flexibility index (Phi) is 10.2. The van der Waals surface area contributed by atoms with Crippen LogP contribution in [0.4, 0.5) is 10.1 Å². The SMILES string of the molecule is CCCNC(=O)C(CC)N(Cc1ccc(C)cc1)C(=O)CN(c1ccccc1F)S(=O)(=O)N(C)C. The Hall–Kier alpha value is -2.98. The van der Waals surface area contributed by atoms with Crippen LogP contribution in [-0.2, 0) is 26.3 Å². The molecular formula is C25H35FN4O4S. The number of nitrogens with one attached hydrogen (secondary N) is 1. The number of hydrogen-bond acceptors (Lipinski definition) is 4. The van der Waals surface area contributed by atoms with Crippen LogP contribution < -0.4 is 9.62 Å². The van der Waals surface area contributed by atoms with E-state index in [9.17, 15) is 22.4 Å². The van der Waals surface area contributed by atoms with Crippen LogP contribution in [-0.4, -0.2) is 62.7 Å². The Morgan fingerprint density at radius 1 is 1.03 bits per heavy atom. The van der Waals surface area contributed by atoms with Crippen molar-refractivity contribution in [3.63, 3.8) is 0 Å². The summed E-state index contributed by atoms with van der Waals surface area (Å²) in [7, 11) is -1.59. The Bertz CT molecular complexity index is 1110. The summed E-state index contributed by atoms with van der Waals surface area (Å²) in [6.07, 6.45) is 1.06. The van der Waals surface area contributed by atoms with Gasteiger partial charge in [-0.25, -0.2) is 8.70 Å². The molecule has 8 nitrogen and oxygen atoms in total. The smallest absolute Gasteiger partial charge is 0.304 e. The van der Waals surface area contributed by atoms with Crippen molar-refractivity contribution >= 4 is 27.7 Å². The summed E-state index contributed by atoms with van der Waals surface area (Å²) in [5, 5.41) is 2.82. The van der Waals surface area contributed by atoms with Crippen molar-refractivity contribution < 1.29 is 22.4 Å². The van der Waals surface area contributed by atoms with E-state index in [1.165, 1.54) is 37.2 Å². The Morgan fingerprint density at radius 3 is 2.20 bits per heavy atom. The zero-order valence-electron chi connectivity index (χ0n) is 21.0. The average molecular weight is 507 g/mol. The highest BCUT2D eigenvalue weighted by atomic mass is 32.2. The maximum absolute atomic E-state index is 14.6. The molecule has 1 atom stereocenters. The number of para-hydroxylation sites is 1. The van der Waals surface area contributed by atoms with Gasteiger partial charge in [0.1, 0.15) is 18.4 Å². The minimum absolute atomic E-state index is 0.101. The maximum atomic E-state index is 14.6. The van der Waals surface area contributed by atoms with Crippen LogP contribution in [0.3, 0.4) is 0 Å². The van der Waals surface area contributed by atoms with Gasteiger partial charge < -0.3 is 10.2 Å². The highest BCUT2D eigenvalue weighted by molar-refractivity contribution is 7.90. The molecule has 0 radical (unpaired) electrons. The highest BCUT2D eigenvalue weighted by Crippen LogP contribution is 2.24. The largest absolute Gasteiger partial charge is 0.354 e. The minimum atomic E-state index is -4.21. The lowest BCUT2D eigenvalue weighted by Crippen LogP contribution is -2.53. The number of carbonyl (C=O) groups excluding carboxylic acids is 2. The summed E-state index contributed by atoms with van der Waals surface area (Å²) in [6.45, 7) is 5.55. The predicted molar refractivity (Wildman–Crippen MR) is 135 cm³/mol. The van der Waals surface area contributed by atoms with E-state index >= 15 is 0 Å². The van der Waals surface area contributed by atoms with Gasteiger partial charge in [-0.1, -0.05) is 55.8 Å². The number of nitrogens with zero attached hydrogens (tertiary/aromatic N) is 3. The van der Waals surface area contributed by atoms with E-state index in [1.54, 1.807) is 6.92 Å². The van der Waals surface area contributed by atoms with Gasteiger partial charge in [-0.2, -0.15) is 12.7 Å². The second-order valence-corrected chi connectivity index (χ2v) is 10.5. The molecule has 0 aliphatic carbocycles. The van der Waals surface area contributed by atoms with E-state index in [-0.39, 0.29) is 18.1 Å². The molecule has 0 aromatic heterocycles. The second-order valence-electron chi connectivity index (χ2n) is 8.47. The molecule has 2 rings (SSSR count). The number of benzene rings is 2. The zero-order valence-corrected chi connectivity index (χ0v) is 21.8. The average Bonchev–Trinajstić information content (AvgIpc) is 2.82. The monoisotopic (exact) mass is 506 g/mol. The summed E-state index contributed by atoms with van der Waals surface area (Å²) in [6, 6.07) is 12.1. The van der Waals surface area contributed by atoms with E-state index in [4.69, 9.17) is 0 Å². The number of anilines is 1. The Labute approximate surface area is 207 Å². The van der Waals surface area contributed by atoms with Gasteiger partial charge in [0, 0.05) is 27.2 Å². The summed E-state index contributed by atoms with van der Waals surface area (Å²) in [4.78, 5) is 28.0. The van der Waals surface area contributed by atoms with E-state index in [0.29, 0.717) is 13.0 Å². The molecule has 0 aliphatic rings. The molecule has 0 bridgehead atoms. The molecule has 0 saturated carbocycles. The molecule has 0 heterocycles. The molecule has 0 saturated heterocycles. The fourth-order valence-corrected chi connectivity index (χ4v) is 4.60. The van der Waals surface area contributed by atoms with Gasteiger partial charge in [-0.05, 0) is 37.5 Å². The van der Waals surface area contributed by atoms with E-state index in [2.05, 4.69) is 5.32 Å². The fraction of sp³-hybridized carbons (Fsp3) is 0.440. The summed E-state index contributed by atoms with van der Waals surface area (Å²) < 4.78 is 42.5. The zero-order chi connectivity index (χ0) is 26.2. The molecule has 10 heteroatoms. The molecule has 1 unspecified atom stereocenters. The number of halogens is 1.